The molecule has 0 heterocycles. The van der Waals surface area contributed by atoms with Gasteiger partial charge < -0.3 is 11.5 Å². The number of anilines is 2. The zero-order valence-electron chi connectivity index (χ0n) is 14.6. The van der Waals surface area contributed by atoms with E-state index >= 15 is 0 Å². The maximum absolute atomic E-state index is 13.3. The van der Waals surface area contributed by atoms with Crippen LogP contribution in [0.4, 0.5) is 11.4 Å². The van der Waals surface area contributed by atoms with Gasteiger partial charge in [0.2, 0.25) is 0 Å². The summed E-state index contributed by atoms with van der Waals surface area (Å²) in [5.74, 6) is -0.998. The fourth-order valence-corrected chi connectivity index (χ4v) is 3.42. The van der Waals surface area contributed by atoms with E-state index in [0.29, 0.717) is 22.5 Å². The highest BCUT2D eigenvalue weighted by atomic mass is 79.9. The second-order valence-electron chi connectivity index (χ2n) is 6.27. The molecule has 3 aromatic carbocycles. The first kappa shape index (κ1) is 18.9. The Morgan fingerprint density at radius 2 is 1.48 bits per heavy atom. The molecule has 0 spiro atoms. The van der Waals surface area contributed by atoms with Crippen LogP contribution in [0.25, 0.3) is 0 Å². The molecule has 0 fully saturated rings. The van der Waals surface area contributed by atoms with E-state index in [-0.39, 0.29) is 18.0 Å². The number of ketones is 2. The van der Waals surface area contributed by atoms with Gasteiger partial charge in [-0.1, -0.05) is 58.4 Å². The van der Waals surface area contributed by atoms with Gasteiger partial charge in [0.1, 0.15) is 0 Å². The maximum atomic E-state index is 13.3. The first-order chi connectivity index (χ1) is 13.0. The molecule has 0 saturated heterocycles. The molecular formula is C22H19BrN2O2. The monoisotopic (exact) mass is 422 g/mol. The van der Waals surface area contributed by atoms with Gasteiger partial charge in [-0.3, -0.25) is 9.59 Å². The minimum atomic E-state index is -0.637. The lowest BCUT2D eigenvalue weighted by Gasteiger charge is -2.17. The second kappa shape index (κ2) is 8.18. The third-order valence-corrected chi connectivity index (χ3v) is 4.94. The maximum Gasteiger partial charge on any atom is 0.172 e. The number of rotatable bonds is 6. The summed E-state index contributed by atoms with van der Waals surface area (Å²) >= 11 is 3.35. The summed E-state index contributed by atoms with van der Waals surface area (Å²) in [6.45, 7) is 0. The Balaban J connectivity index is 1.98. The molecule has 4 N–H and O–H groups in total. The highest BCUT2D eigenvalue weighted by Crippen LogP contribution is 2.30. The number of Topliss-reactive ketones (excluding diaryl/α,β-unsaturated/α-hetero) is 2. The number of nitrogen functional groups attached to an aromatic ring is 2. The Hall–Kier alpha value is -2.92. The first-order valence-electron chi connectivity index (χ1n) is 8.49. The van der Waals surface area contributed by atoms with Gasteiger partial charge in [0.25, 0.3) is 0 Å². The van der Waals surface area contributed by atoms with Crippen LogP contribution in [0.1, 0.15) is 38.6 Å². The highest BCUT2D eigenvalue weighted by molar-refractivity contribution is 9.10. The Morgan fingerprint density at radius 1 is 0.815 bits per heavy atom. The summed E-state index contributed by atoms with van der Waals surface area (Å²) in [5.41, 5.74) is 14.4. The van der Waals surface area contributed by atoms with E-state index in [1.54, 1.807) is 42.5 Å². The Kier molecular flexibility index (Phi) is 5.72. The van der Waals surface area contributed by atoms with Crippen molar-refractivity contribution in [3.05, 3.63) is 94.0 Å². The Morgan fingerprint density at radius 3 is 2.15 bits per heavy atom. The van der Waals surface area contributed by atoms with Crippen molar-refractivity contribution in [2.45, 2.75) is 12.3 Å². The van der Waals surface area contributed by atoms with Gasteiger partial charge >= 0.3 is 0 Å². The molecule has 0 aliphatic rings. The Labute approximate surface area is 166 Å². The minimum absolute atomic E-state index is 0.0204. The normalized spacial score (nSPS) is 11.7. The van der Waals surface area contributed by atoms with Gasteiger partial charge in [-0.2, -0.15) is 0 Å². The molecule has 1 unspecified atom stereocenters. The fraction of sp³-hybridized carbons (Fsp3) is 0.0909. The predicted octanol–water partition coefficient (Wildman–Crippen LogP) is 4.85. The Bertz CT molecular complexity index is 987. The third kappa shape index (κ3) is 4.26. The minimum Gasteiger partial charge on any atom is -0.398 e. The highest BCUT2D eigenvalue weighted by Gasteiger charge is 2.27. The van der Waals surface area contributed by atoms with Crippen molar-refractivity contribution >= 4 is 38.9 Å². The fourth-order valence-electron chi connectivity index (χ4n) is 3.04. The van der Waals surface area contributed by atoms with Crippen LogP contribution in [0, 0.1) is 0 Å². The van der Waals surface area contributed by atoms with Crippen LogP contribution in [0.15, 0.2) is 77.3 Å². The molecule has 0 aliphatic carbocycles. The summed E-state index contributed by atoms with van der Waals surface area (Å²) in [6, 6.07) is 21.3. The third-order valence-electron chi connectivity index (χ3n) is 4.45. The van der Waals surface area contributed by atoms with Crippen LogP contribution in [0.3, 0.4) is 0 Å². The van der Waals surface area contributed by atoms with Crippen molar-refractivity contribution in [2.75, 3.05) is 11.5 Å². The summed E-state index contributed by atoms with van der Waals surface area (Å²) in [7, 11) is 0. The van der Waals surface area contributed by atoms with Crippen molar-refractivity contribution in [3.63, 3.8) is 0 Å². The lowest BCUT2D eigenvalue weighted by Crippen LogP contribution is -2.19. The second-order valence-corrected chi connectivity index (χ2v) is 7.19. The van der Waals surface area contributed by atoms with Crippen LogP contribution in [-0.4, -0.2) is 11.6 Å². The van der Waals surface area contributed by atoms with Crippen LogP contribution >= 0.6 is 15.9 Å². The van der Waals surface area contributed by atoms with Crippen molar-refractivity contribution in [2.24, 2.45) is 0 Å². The summed E-state index contributed by atoms with van der Waals surface area (Å²) in [5, 5.41) is 0. The molecule has 3 rings (SSSR count). The van der Waals surface area contributed by atoms with E-state index in [4.69, 9.17) is 11.5 Å². The molecule has 0 radical (unpaired) electrons. The summed E-state index contributed by atoms with van der Waals surface area (Å²) in [6.07, 6.45) is 0.0204. The number of hydrogen-bond acceptors (Lipinski definition) is 4. The van der Waals surface area contributed by atoms with Crippen molar-refractivity contribution in [3.8, 4) is 0 Å². The van der Waals surface area contributed by atoms with E-state index in [2.05, 4.69) is 15.9 Å². The van der Waals surface area contributed by atoms with Gasteiger partial charge in [0.15, 0.2) is 11.6 Å². The smallest absolute Gasteiger partial charge is 0.172 e. The molecule has 0 saturated carbocycles. The molecule has 0 aromatic heterocycles. The number of carbonyl (C=O) groups excluding carboxylic acids is 2. The summed E-state index contributed by atoms with van der Waals surface area (Å²) < 4.78 is 0.793. The average molecular weight is 423 g/mol. The number of halogens is 1. The standard InChI is InChI=1S/C22H19BrN2O2/c23-15-10-11-17(20(25)12-15)22(27)18(14-6-2-1-3-7-14)13-21(26)16-8-4-5-9-19(16)24/h1-12,18H,13,24-25H2. The molecule has 27 heavy (non-hydrogen) atoms. The van der Waals surface area contributed by atoms with Gasteiger partial charge in [-0.05, 0) is 35.9 Å². The largest absolute Gasteiger partial charge is 0.398 e. The van der Waals surface area contributed by atoms with Crippen molar-refractivity contribution in [1.82, 2.24) is 0 Å². The number of carbonyl (C=O) groups is 2. The quantitative estimate of drug-likeness (QED) is 0.438. The number of hydrogen-bond donors (Lipinski definition) is 2. The molecule has 0 aliphatic heterocycles. The van der Waals surface area contributed by atoms with Crippen LogP contribution < -0.4 is 11.5 Å². The van der Waals surface area contributed by atoms with E-state index in [1.165, 1.54) is 0 Å². The molecule has 1 atom stereocenters. The zero-order chi connectivity index (χ0) is 19.4. The van der Waals surface area contributed by atoms with Gasteiger partial charge in [0.05, 0.1) is 5.92 Å². The van der Waals surface area contributed by atoms with Gasteiger partial charge in [-0.25, -0.2) is 0 Å². The predicted molar refractivity (Wildman–Crippen MR) is 112 cm³/mol. The average Bonchev–Trinajstić information content (AvgIpc) is 2.66. The topological polar surface area (TPSA) is 86.2 Å². The molecule has 3 aromatic rings. The van der Waals surface area contributed by atoms with Gasteiger partial charge in [-0.15, -0.1) is 0 Å². The number of benzene rings is 3. The lowest BCUT2D eigenvalue weighted by molar-refractivity contribution is 0.0894. The first-order valence-corrected chi connectivity index (χ1v) is 9.28. The van der Waals surface area contributed by atoms with E-state index < -0.39 is 5.92 Å². The van der Waals surface area contributed by atoms with Crippen LogP contribution in [0.2, 0.25) is 0 Å². The van der Waals surface area contributed by atoms with Crippen molar-refractivity contribution in [1.29, 1.82) is 0 Å². The molecule has 0 amide bonds. The number of nitrogens with two attached hydrogens (primary N) is 2. The SMILES string of the molecule is Nc1ccccc1C(=O)CC(C(=O)c1ccc(Br)cc1N)c1ccccc1. The van der Waals surface area contributed by atoms with Gasteiger partial charge in [0, 0.05) is 33.4 Å². The summed E-state index contributed by atoms with van der Waals surface area (Å²) in [4.78, 5) is 26.1. The van der Waals surface area contributed by atoms with Crippen molar-refractivity contribution < 1.29 is 9.59 Å². The van der Waals surface area contributed by atoms with E-state index in [1.807, 2.05) is 30.3 Å². The molecule has 136 valence electrons. The van der Waals surface area contributed by atoms with Crippen LogP contribution in [-0.2, 0) is 0 Å². The lowest BCUT2D eigenvalue weighted by atomic mass is 9.85. The molecule has 4 nitrogen and oxygen atoms in total. The molecule has 0 bridgehead atoms. The van der Waals surface area contributed by atoms with E-state index in [9.17, 15) is 9.59 Å². The van der Waals surface area contributed by atoms with Crippen LogP contribution in [0.5, 0.6) is 0 Å². The molecular weight excluding hydrogens is 404 g/mol. The zero-order valence-corrected chi connectivity index (χ0v) is 16.1. The van der Waals surface area contributed by atoms with E-state index in [0.717, 1.165) is 10.0 Å². The molecule has 5 heteroatoms. The number of para-hydroxylation sites is 1.